The monoisotopic (exact) mass is 278 g/mol. The molecule has 0 atom stereocenters. The van der Waals surface area contributed by atoms with Crippen LogP contribution in [0.3, 0.4) is 0 Å². The molecule has 4 nitrogen and oxygen atoms in total. The maximum absolute atomic E-state index is 6.08. The standard InChI is InChI=1S/C14H15ClN2O2/c1-18-12-6-5-9(15)8-11(12)13-10-4-2-3-7-16-14(10)19-17-13/h5-6,8,16H,2-4,7H2,1H3. The van der Waals surface area contributed by atoms with Gasteiger partial charge in [-0.1, -0.05) is 16.8 Å². The van der Waals surface area contributed by atoms with Crippen molar-refractivity contribution >= 4 is 17.5 Å². The summed E-state index contributed by atoms with van der Waals surface area (Å²) in [6.07, 6.45) is 3.21. The summed E-state index contributed by atoms with van der Waals surface area (Å²) in [6, 6.07) is 5.52. The van der Waals surface area contributed by atoms with E-state index in [0.717, 1.165) is 54.3 Å². The molecule has 0 saturated heterocycles. The number of nitrogens with one attached hydrogen (secondary N) is 1. The third-order valence-electron chi connectivity index (χ3n) is 3.34. The van der Waals surface area contributed by atoms with Crippen molar-refractivity contribution in [3.63, 3.8) is 0 Å². The number of methoxy groups -OCH3 is 1. The minimum Gasteiger partial charge on any atom is -0.496 e. The van der Waals surface area contributed by atoms with Gasteiger partial charge in [0.2, 0.25) is 5.88 Å². The highest BCUT2D eigenvalue weighted by Gasteiger charge is 2.21. The summed E-state index contributed by atoms with van der Waals surface area (Å²) in [7, 11) is 1.64. The van der Waals surface area contributed by atoms with Gasteiger partial charge in [0.15, 0.2) is 0 Å². The Morgan fingerprint density at radius 1 is 1.37 bits per heavy atom. The molecule has 2 aromatic rings. The first kappa shape index (κ1) is 12.4. The second kappa shape index (κ2) is 5.13. The van der Waals surface area contributed by atoms with Crippen molar-refractivity contribution in [3.05, 3.63) is 28.8 Å². The van der Waals surface area contributed by atoms with E-state index in [4.69, 9.17) is 20.9 Å². The lowest BCUT2D eigenvalue weighted by molar-refractivity contribution is 0.413. The van der Waals surface area contributed by atoms with E-state index in [1.165, 1.54) is 0 Å². The van der Waals surface area contributed by atoms with Gasteiger partial charge < -0.3 is 14.6 Å². The molecule has 0 saturated carbocycles. The van der Waals surface area contributed by atoms with Crippen LogP contribution in [0.2, 0.25) is 5.02 Å². The second-order valence-electron chi connectivity index (χ2n) is 4.57. The first-order chi connectivity index (χ1) is 9.29. The van der Waals surface area contributed by atoms with E-state index in [0.29, 0.717) is 5.02 Å². The molecule has 0 aliphatic carbocycles. The summed E-state index contributed by atoms with van der Waals surface area (Å²) in [6.45, 7) is 0.925. The fourth-order valence-electron chi connectivity index (χ4n) is 2.39. The SMILES string of the molecule is COc1ccc(Cl)cc1-c1noc2c1CCCCN2. The van der Waals surface area contributed by atoms with Crippen molar-refractivity contribution in [2.45, 2.75) is 19.3 Å². The van der Waals surface area contributed by atoms with Crippen molar-refractivity contribution in [1.29, 1.82) is 0 Å². The second-order valence-corrected chi connectivity index (χ2v) is 5.00. The number of benzene rings is 1. The van der Waals surface area contributed by atoms with Gasteiger partial charge in [-0.3, -0.25) is 0 Å². The maximum atomic E-state index is 6.08. The van der Waals surface area contributed by atoms with Crippen molar-refractivity contribution in [1.82, 2.24) is 5.16 Å². The van der Waals surface area contributed by atoms with Crippen LogP contribution < -0.4 is 10.1 Å². The Labute approximate surface area is 116 Å². The van der Waals surface area contributed by atoms with E-state index < -0.39 is 0 Å². The van der Waals surface area contributed by atoms with Crippen molar-refractivity contribution in [2.24, 2.45) is 0 Å². The van der Waals surface area contributed by atoms with E-state index >= 15 is 0 Å². The fraction of sp³-hybridized carbons (Fsp3) is 0.357. The molecule has 1 aliphatic rings. The van der Waals surface area contributed by atoms with Crippen LogP contribution in [0, 0.1) is 0 Å². The Kier molecular flexibility index (Phi) is 3.34. The Bertz CT molecular complexity index is 595. The highest BCUT2D eigenvalue weighted by Crippen LogP contribution is 2.37. The number of fused-ring (bicyclic) bond motifs is 1. The average molecular weight is 279 g/mol. The van der Waals surface area contributed by atoms with Crippen LogP contribution in [0.15, 0.2) is 22.7 Å². The van der Waals surface area contributed by atoms with Gasteiger partial charge >= 0.3 is 0 Å². The quantitative estimate of drug-likeness (QED) is 0.909. The van der Waals surface area contributed by atoms with Gasteiger partial charge in [0.25, 0.3) is 0 Å². The molecule has 0 bridgehead atoms. The number of halogens is 1. The van der Waals surface area contributed by atoms with Crippen molar-refractivity contribution in [2.75, 3.05) is 19.0 Å². The summed E-state index contributed by atoms with van der Waals surface area (Å²) in [5.41, 5.74) is 2.81. The molecule has 1 aromatic carbocycles. The average Bonchev–Trinajstić information content (AvgIpc) is 2.67. The molecular formula is C14H15ClN2O2. The first-order valence-electron chi connectivity index (χ1n) is 6.36. The highest BCUT2D eigenvalue weighted by atomic mass is 35.5. The Morgan fingerprint density at radius 3 is 3.11 bits per heavy atom. The summed E-state index contributed by atoms with van der Waals surface area (Å²) in [5.74, 6) is 1.53. The van der Waals surface area contributed by atoms with Crippen LogP contribution in [0.25, 0.3) is 11.3 Å². The smallest absolute Gasteiger partial charge is 0.228 e. The lowest BCUT2D eigenvalue weighted by Crippen LogP contribution is -1.97. The van der Waals surface area contributed by atoms with E-state index in [1.54, 1.807) is 13.2 Å². The summed E-state index contributed by atoms with van der Waals surface area (Å²) in [4.78, 5) is 0. The molecule has 1 aromatic heterocycles. The van der Waals surface area contributed by atoms with Gasteiger partial charge in [0.05, 0.1) is 7.11 Å². The molecule has 0 spiro atoms. The van der Waals surface area contributed by atoms with Crippen LogP contribution in [-0.4, -0.2) is 18.8 Å². The number of aromatic nitrogens is 1. The molecule has 0 fully saturated rings. The number of ether oxygens (including phenoxy) is 1. The van der Waals surface area contributed by atoms with Crippen LogP contribution in [-0.2, 0) is 6.42 Å². The summed E-state index contributed by atoms with van der Waals surface area (Å²) >= 11 is 6.08. The Morgan fingerprint density at radius 2 is 2.26 bits per heavy atom. The van der Waals surface area contributed by atoms with Crippen LogP contribution >= 0.6 is 11.6 Å². The predicted octanol–water partition coefficient (Wildman–Crippen LogP) is 3.75. The van der Waals surface area contributed by atoms with Gasteiger partial charge in [0.1, 0.15) is 11.4 Å². The molecular weight excluding hydrogens is 264 g/mol. The highest BCUT2D eigenvalue weighted by molar-refractivity contribution is 6.31. The van der Waals surface area contributed by atoms with Crippen LogP contribution in [0.1, 0.15) is 18.4 Å². The molecule has 1 aliphatic heterocycles. The topological polar surface area (TPSA) is 47.3 Å². The van der Waals surface area contributed by atoms with E-state index in [1.807, 2.05) is 12.1 Å². The Hall–Kier alpha value is -1.68. The number of hydrogen-bond acceptors (Lipinski definition) is 4. The number of rotatable bonds is 2. The fourth-order valence-corrected chi connectivity index (χ4v) is 2.56. The van der Waals surface area contributed by atoms with Gasteiger partial charge in [-0.15, -0.1) is 0 Å². The predicted molar refractivity (Wildman–Crippen MR) is 74.9 cm³/mol. The zero-order valence-electron chi connectivity index (χ0n) is 10.7. The van der Waals surface area contributed by atoms with Crippen molar-refractivity contribution < 1.29 is 9.26 Å². The van der Waals surface area contributed by atoms with Gasteiger partial charge in [0, 0.05) is 22.7 Å². The third-order valence-corrected chi connectivity index (χ3v) is 3.58. The minimum atomic E-state index is 0.661. The number of anilines is 1. The van der Waals surface area contributed by atoms with Gasteiger partial charge in [-0.25, -0.2) is 0 Å². The molecule has 0 amide bonds. The molecule has 1 N–H and O–H groups in total. The molecule has 3 rings (SSSR count). The van der Waals surface area contributed by atoms with Crippen molar-refractivity contribution in [3.8, 4) is 17.0 Å². The van der Waals surface area contributed by atoms with Crippen LogP contribution in [0.5, 0.6) is 5.75 Å². The van der Waals surface area contributed by atoms with E-state index in [9.17, 15) is 0 Å². The van der Waals surface area contributed by atoms with Crippen LogP contribution in [0.4, 0.5) is 5.88 Å². The normalized spacial score (nSPS) is 14.4. The van der Waals surface area contributed by atoms with Gasteiger partial charge in [-0.05, 0) is 37.5 Å². The summed E-state index contributed by atoms with van der Waals surface area (Å²) in [5, 5.41) is 8.11. The molecule has 0 radical (unpaired) electrons. The van der Waals surface area contributed by atoms with E-state index in [-0.39, 0.29) is 0 Å². The lowest BCUT2D eigenvalue weighted by atomic mass is 10.0. The number of nitrogens with zero attached hydrogens (tertiary/aromatic N) is 1. The molecule has 19 heavy (non-hydrogen) atoms. The largest absolute Gasteiger partial charge is 0.496 e. The Balaban J connectivity index is 2.12. The zero-order valence-corrected chi connectivity index (χ0v) is 11.5. The maximum Gasteiger partial charge on any atom is 0.228 e. The molecule has 2 heterocycles. The lowest BCUT2D eigenvalue weighted by Gasteiger charge is -2.07. The zero-order chi connectivity index (χ0) is 13.2. The van der Waals surface area contributed by atoms with E-state index in [2.05, 4.69) is 10.5 Å². The minimum absolute atomic E-state index is 0.661. The third kappa shape index (κ3) is 2.28. The van der Waals surface area contributed by atoms with Gasteiger partial charge in [-0.2, -0.15) is 0 Å². The number of hydrogen-bond donors (Lipinski definition) is 1. The molecule has 0 unspecified atom stereocenters. The molecule has 5 heteroatoms. The first-order valence-corrected chi connectivity index (χ1v) is 6.73. The summed E-state index contributed by atoms with van der Waals surface area (Å²) < 4.78 is 10.8. The molecule has 100 valence electrons.